The van der Waals surface area contributed by atoms with Crippen LogP contribution in [0, 0.1) is 6.92 Å². The monoisotopic (exact) mass is 301 g/mol. The number of nitrogens with one attached hydrogen (secondary N) is 1. The topological polar surface area (TPSA) is 84.2 Å². The highest BCUT2D eigenvalue weighted by Crippen LogP contribution is 2.27. The summed E-state index contributed by atoms with van der Waals surface area (Å²) in [7, 11) is -3.63. The average molecular weight is 301 g/mol. The molecular weight excluding hydrogens is 286 g/mol. The van der Waals surface area contributed by atoms with Gasteiger partial charge in [-0.25, -0.2) is 8.42 Å². The lowest BCUT2D eigenvalue weighted by atomic mass is 10.4. The van der Waals surface area contributed by atoms with Crippen LogP contribution in [0.1, 0.15) is 16.7 Å². The van der Waals surface area contributed by atoms with E-state index in [1.807, 2.05) is 6.92 Å². The standard InChI is InChI=1S/C11H15N3O3S2/c1-3-14-6-9(5-12-14)13-19(16,17)11-4-10(7-15)18-8(11)2/h4-6,13,15H,3,7H2,1-2H3. The molecule has 0 atom stereocenters. The molecule has 0 saturated heterocycles. The van der Waals surface area contributed by atoms with Gasteiger partial charge in [-0.3, -0.25) is 9.40 Å². The third-order valence-corrected chi connectivity index (χ3v) is 5.25. The molecule has 104 valence electrons. The molecular formula is C11H15N3O3S2. The Bertz CT molecular complexity index is 673. The first kappa shape index (κ1) is 14.0. The zero-order valence-electron chi connectivity index (χ0n) is 10.6. The molecule has 2 heterocycles. The summed E-state index contributed by atoms with van der Waals surface area (Å²) < 4.78 is 28.6. The third-order valence-electron chi connectivity index (χ3n) is 2.58. The molecule has 0 bridgehead atoms. The lowest BCUT2D eigenvalue weighted by Gasteiger charge is -2.04. The predicted octanol–water partition coefficient (Wildman–Crippen LogP) is 1.57. The van der Waals surface area contributed by atoms with E-state index in [4.69, 9.17) is 5.11 Å². The van der Waals surface area contributed by atoms with E-state index < -0.39 is 10.0 Å². The van der Waals surface area contributed by atoms with Crippen LogP contribution in [-0.2, 0) is 23.2 Å². The smallest absolute Gasteiger partial charge is 0.263 e. The maximum atomic E-state index is 12.2. The molecule has 0 fully saturated rings. The molecule has 0 saturated carbocycles. The Labute approximate surface area is 115 Å². The van der Waals surface area contributed by atoms with Crippen LogP contribution >= 0.6 is 11.3 Å². The first-order valence-corrected chi connectivity index (χ1v) is 8.01. The molecule has 19 heavy (non-hydrogen) atoms. The molecule has 0 spiro atoms. The number of hydrogen-bond acceptors (Lipinski definition) is 5. The maximum absolute atomic E-state index is 12.2. The molecule has 0 amide bonds. The number of hydrogen-bond donors (Lipinski definition) is 2. The van der Waals surface area contributed by atoms with E-state index in [2.05, 4.69) is 9.82 Å². The zero-order chi connectivity index (χ0) is 14.0. The summed E-state index contributed by atoms with van der Waals surface area (Å²) in [5.74, 6) is 0. The largest absolute Gasteiger partial charge is 0.391 e. The van der Waals surface area contributed by atoms with Crippen molar-refractivity contribution in [3.8, 4) is 0 Å². The second-order valence-corrected chi connectivity index (χ2v) is 6.97. The van der Waals surface area contributed by atoms with Gasteiger partial charge in [-0.15, -0.1) is 11.3 Å². The van der Waals surface area contributed by atoms with Gasteiger partial charge >= 0.3 is 0 Å². The Morgan fingerprint density at radius 1 is 1.53 bits per heavy atom. The van der Waals surface area contributed by atoms with Gasteiger partial charge in [-0.2, -0.15) is 5.10 Å². The van der Waals surface area contributed by atoms with Gasteiger partial charge in [0.25, 0.3) is 10.0 Å². The average Bonchev–Trinajstić information content (AvgIpc) is 2.95. The van der Waals surface area contributed by atoms with Crippen molar-refractivity contribution in [3.63, 3.8) is 0 Å². The molecule has 2 rings (SSSR count). The Hall–Kier alpha value is -1.38. The van der Waals surface area contributed by atoms with Gasteiger partial charge in [-0.1, -0.05) is 0 Å². The van der Waals surface area contributed by atoms with Crippen molar-refractivity contribution in [1.29, 1.82) is 0 Å². The number of sulfonamides is 1. The van der Waals surface area contributed by atoms with Crippen LogP contribution in [0.25, 0.3) is 0 Å². The van der Waals surface area contributed by atoms with Crippen molar-refractivity contribution in [3.05, 3.63) is 28.2 Å². The molecule has 2 aromatic rings. The number of aliphatic hydroxyl groups is 1. The molecule has 0 aliphatic heterocycles. The fourth-order valence-electron chi connectivity index (χ4n) is 1.67. The normalized spacial score (nSPS) is 11.7. The molecule has 2 aromatic heterocycles. The Morgan fingerprint density at radius 2 is 2.26 bits per heavy atom. The van der Waals surface area contributed by atoms with Gasteiger partial charge in [0.05, 0.1) is 18.5 Å². The third kappa shape index (κ3) is 2.96. The molecule has 2 N–H and O–H groups in total. The van der Waals surface area contributed by atoms with Crippen molar-refractivity contribution in [2.24, 2.45) is 0 Å². The van der Waals surface area contributed by atoms with E-state index in [0.29, 0.717) is 22.0 Å². The van der Waals surface area contributed by atoms with Gasteiger partial charge < -0.3 is 5.11 Å². The van der Waals surface area contributed by atoms with Gasteiger partial charge in [0.2, 0.25) is 0 Å². The lowest BCUT2D eigenvalue weighted by molar-refractivity contribution is 0.285. The Morgan fingerprint density at radius 3 is 2.79 bits per heavy atom. The summed E-state index contributed by atoms with van der Waals surface area (Å²) >= 11 is 1.27. The van der Waals surface area contributed by atoms with Crippen molar-refractivity contribution < 1.29 is 13.5 Å². The van der Waals surface area contributed by atoms with E-state index in [1.54, 1.807) is 17.8 Å². The summed E-state index contributed by atoms with van der Waals surface area (Å²) in [6.45, 7) is 4.15. The number of thiophene rings is 1. The minimum Gasteiger partial charge on any atom is -0.391 e. The molecule has 6 nitrogen and oxygen atoms in total. The first-order chi connectivity index (χ1) is 8.96. The zero-order valence-corrected chi connectivity index (χ0v) is 12.3. The van der Waals surface area contributed by atoms with Crippen molar-refractivity contribution in [2.75, 3.05) is 4.72 Å². The van der Waals surface area contributed by atoms with Crippen LogP contribution in [0.15, 0.2) is 23.4 Å². The highest BCUT2D eigenvalue weighted by molar-refractivity contribution is 7.93. The van der Waals surface area contributed by atoms with E-state index in [-0.39, 0.29) is 11.5 Å². The summed E-state index contributed by atoms with van der Waals surface area (Å²) in [5, 5.41) is 13.1. The van der Waals surface area contributed by atoms with Crippen LogP contribution in [0.5, 0.6) is 0 Å². The molecule has 0 aromatic carbocycles. The van der Waals surface area contributed by atoms with E-state index in [9.17, 15) is 8.42 Å². The highest BCUT2D eigenvalue weighted by Gasteiger charge is 2.20. The quantitative estimate of drug-likeness (QED) is 0.878. The summed E-state index contributed by atoms with van der Waals surface area (Å²) in [6.07, 6.45) is 3.10. The Balaban J connectivity index is 2.29. The van der Waals surface area contributed by atoms with Crippen LogP contribution in [0.3, 0.4) is 0 Å². The summed E-state index contributed by atoms with van der Waals surface area (Å²) in [4.78, 5) is 1.48. The molecule has 0 aliphatic rings. The summed E-state index contributed by atoms with van der Waals surface area (Å²) in [6, 6.07) is 1.49. The number of anilines is 1. The van der Waals surface area contributed by atoms with Crippen molar-refractivity contribution in [2.45, 2.75) is 31.9 Å². The van der Waals surface area contributed by atoms with Gasteiger partial charge in [0.15, 0.2) is 0 Å². The molecule has 0 radical (unpaired) electrons. The van der Waals surface area contributed by atoms with Gasteiger partial charge in [0.1, 0.15) is 4.90 Å². The first-order valence-electron chi connectivity index (χ1n) is 5.71. The van der Waals surface area contributed by atoms with Crippen molar-refractivity contribution >= 4 is 27.0 Å². The number of nitrogens with zero attached hydrogens (tertiary/aromatic N) is 2. The fourth-order valence-corrected chi connectivity index (χ4v) is 4.19. The van der Waals surface area contributed by atoms with Gasteiger partial charge in [-0.05, 0) is 19.9 Å². The molecule has 8 heteroatoms. The molecule has 0 aliphatic carbocycles. The lowest BCUT2D eigenvalue weighted by Crippen LogP contribution is -2.12. The van der Waals surface area contributed by atoms with E-state index in [1.165, 1.54) is 23.6 Å². The number of aryl methyl sites for hydroxylation is 2. The molecule has 0 unspecified atom stereocenters. The van der Waals surface area contributed by atoms with Crippen LogP contribution in [-0.4, -0.2) is 23.3 Å². The van der Waals surface area contributed by atoms with E-state index in [0.717, 1.165) is 0 Å². The fraction of sp³-hybridized carbons (Fsp3) is 0.364. The number of aromatic nitrogens is 2. The highest BCUT2D eigenvalue weighted by atomic mass is 32.2. The SMILES string of the molecule is CCn1cc(NS(=O)(=O)c2cc(CO)sc2C)cn1. The maximum Gasteiger partial charge on any atom is 0.263 e. The van der Waals surface area contributed by atoms with Crippen LogP contribution in [0.2, 0.25) is 0 Å². The van der Waals surface area contributed by atoms with Crippen molar-refractivity contribution in [1.82, 2.24) is 9.78 Å². The van der Waals surface area contributed by atoms with Crippen LogP contribution < -0.4 is 4.72 Å². The summed E-state index contributed by atoms with van der Waals surface area (Å²) in [5.41, 5.74) is 0.429. The van der Waals surface area contributed by atoms with E-state index >= 15 is 0 Å². The number of aliphatic hydroxyl groups excluding tert-OH is 1. The van der Waals surface area contributed by atoms with Gasteiger partial charge in [0, 0.05) is 22.5 Å². The second-order valence-electron chi connectivity index (χ2n) is 3.98. The second kappa shape index (κ2) is 5.32. The number of rotatable bonds is 5. The van der Waals surface area contributed by atoms with Crippen LogP contribution in [0.4, 0.5) is 5.69 Å². The predicted molar refractivity (Wildman–Crippen MR) is 73.7 cm³/mol. The minimum absolute atomic E-state index is 0.158. The minimum atomic E-state index is -3.63. The Kier molecular flexibility index (Phi) is 3.93.